The van der Waals surface area contributed by atoms with Crippen LogP contribution in [0.1, 0.15) is 23.8 Å². The minimum atomic E-state index is -0.343. The van der Waals surface area contributed by atoms with Gasteiger partial charge in [-0.05, 0) is 18.6 Å². The third-order valence-corrected chi connectivity index (χ3v) is 2.81. The van der Waals surface area contributed by atoms with E-state index >= 15 is 0 Å². The van der Waals surface area contributed by atoms with Crippen molar-refractivity contribution in [1.29, 1.82) is 0 Å². The van der Waals surface area contributed by atoms with Gasteiger partial charge in [0.05, 0.1) is 0 Å². The van der Waals surface area contributed by atoms with Gasteiger partial charge in [0.2, 0.25) is 5.91 Å². The number of carbonyl (C=O) groups excluding carboxylic acids is 2. The van der Waals surface area contributed by atoms with Crippen molar-refractivity contribution in [2.24, 2.45) is 0 Å². The smallest absolute Gasteiger partial charge is 0.271 e. The van der Waals surface area contributed by atoms with Crippen molar-refractivity contribution in [2.45, 2.75) is 19.4 Å². The third-order valence-electron chi connectivity index (χ3n) is 2.81. The number of hydrogen-bond acceptors (Lipinski definition) is 2. The Morgan fingerprint density at radius 1 is 1.62 bits per heavy atom. The first-order valence-electron chi connectivity index (χ1n) is 5.46. The predicted molar refractivity (Wildman–Crippen MR) is 58.9 cm³/mol. The van der Waals surface area contributed by atoms with Gasteiger partial charge in [-0.2, -0.15) is 0 Å². The van der Waals surface area contributed by atoms with Crippen LogP contribution in [0.2, 0.25) is 0 Å². The molecule has 1 aromatic rings. The lowest BCUT2D eigenvalue weighted by Crippen LogP contribution is -2.56. The number of rotatable bonds is 2. The van der Waals surface area contributed by atoms with Gasteiger partial charge in [0.1, 0.15) is 11.7 Å². The van der Waals surface area contributed by atoms with Gasteiger partial charge in [-0.25, -0.2) is 0 Å². The Kier molecular flexibility index (Phi) is 2.94. The minimum absolute atomic E-state index is 0.0614. The summed E-state index contributed by atoms with van der Waals surface area (Å²) in [5.74, 6) is -0.166. The number of carbonyl (C=O) groups is 2. The Hall–Kier alpha value is -1.78. The lowest BCUT2D eigenvalue weighted by Gasteiger charge is -2.34. The molecule has 5 nitrogen and oxygen atoms in total. The van der Waals surface area contributed by atoms with Crippen LogP contribution in [0.4, 0.5) is 0 Å². The highest BCUT2D eigenvalue weighted by atomic mass is 16.2. The molecule has 1 atom stereocenters. The molecule has 2 heterocycles. The molecule has 1 aliphatic rings. The van der Waals surface area contributed by atoms with Gasteiger partial charge < -0.3 is 15.2 Å². The van der Waals surface area contributed by atoms with E-state index in [0.29, 0.717) is 25.2 Å². The summed E-state index contributed by atoms with van der Waals surface area (Å²) in [4.78, 5) is 28.2. The Balaban J connectivity index is 2.18. The van der Waals surface area contributed by atoms with E-state index in [1.165, 1.54) is 0 Å². The molecule has 0 saturated carbocycles. The maximum absolute atomic E-state index is 12.1. The molecular formula is C11H15N3O2. The first kappa shape index (κ1) is 10.7. The van der Waals surface area contributed by atoms with E-state index in [4.69, 9.17) is 0 Å². The monoisotopic (exact) mass is 221 g/mol. The first-order chi connectivity index (χ1) is 7.74. The van der Waals surface area contributed by atoms with Crippen molar-refractivity contribution >= 4 is 11.8 Å². The molecule has 1 fully saturated rings. The van der Waals surface area contributed by atoms with Gasteiger partial charge in [-0.3, -0.25) is 9.59 Å². The number of nitrogens with one attached hydrogen (secondary N) is 2. The van der Waals surface area contributed by atoms with E-state index in [2.05, 4.69) is 10.3 Å². The van der Waals surface area contributed by atoms with Crippen molar-refractivity contribution < 1.29 is 9.59 Å². The molecule has 5 heteroatoms. The number of aromatic amines is 1. The van der Waals surface area contributed by atoms with Crippen LogP contribution in [0.15, 0.2) is 18.3 Å². The summed E-state index contributed by atoms with van der Waals surface area (Å²) in [6, 6.07) is 3.16. The fraction of sp³-hybridized carbons (Fsp3) is 0.455. The summed E-state index contributed by atoms with van der Waals surface area (Å²) >= 11 is 0. The number of piperazine rings is 1. The molecule has 0 bridgehead atoms. The molecule has 86 valence electrons. The molecule has 1 unspecified atom stereocenters. The summed E-state index contributed by atoms with van der Waals surface area (Å²) in [5, 5.41) is 2.77. The number of amides is 2. The average Bonchev–Trinajstić information content (AvgIpc) is 2.81. The van der Waals surface area contributed by atoms with Crippen molar-refractivity contribution in [1.82, 2.24) is 15.2 Å². The normalized spacial score (nSPS) is 20.7. The highest BCUT2D eigenvalue weighted by Crippen LogP contribution is 2.12. The zero-order chi connectivity index (χ0) is 11.5. The largest absolute Gasteiger partial charge is 0.357 e. The van der Waals surface area contributed by atoms with E-state index in [9.17, 15) is 9.59 Å². The van der Waals surface area contributed by atoms with Crippen LogP contribution >= 0.6 is 0 Å². The molecular weight excluding hydrogens is 206 g/mol. The van der Waals surface area contributed by atoms with Crippen molar-refractivity contribution in [3.63, 3.8) is 0 Å². The van der Waals surface area contributed by atoms with Gasteiger partial charge in [0, 0.05) is 19.3 Å². The fourth-order valence-corrected chi connectivity index (χ4v) is 1.98. The van der Waals surface area contributed by atoms with Crippen LogP contribution in [0, 0.1) is 0 Å². The standard InChI is InChI=1S/C11H15N3O2/c1-2-9-10(15)13-6-7-14(9)11(16)8-4-3-5-12-8/h3-5,9,12H,2,6-7H2,1H3,(H,13,15). The second kappa shape index (κ2) is 4.38. The quantitative estimate of drug-likeness (QED) is 0.757. The molecule has 2 rings (SSSR count). The number of aromatic nitrogens is 1. The molecule has 1 saturated heterocycles. The number of H-pyrrole nitrogens is 1. The highest BCUT2D eigenvalue weighted by Gasteiger charge is 2.32. The molecule has 2 amide bonds. The van der Waals surface area contributed by atoms with Gasteiger partial charge in [0.15, 0.2) is 0 Å². The molecule has 0 aromatic carbocycles. The zero-order valence-corrected chi connectivity index (χ0v) is 9.19. The summed E-state index contributed by atoms with van der Waals surface area (Å²) < 4.78 is 0. The average molecular weight is 221 g/mol. The lowest BCUT2D eigenvalue weighted by molar-refractivity contribution is -0.127. The maximum Gasteiger partial charge on any atom is 0.271 e. The molecule has 16 heavy (non-hydrogen) atoms. The zero-order valence-electron chi connectivity index (χ0n) is 9.19. The summed E-state index contributed by atoms with van der Waals surface area (Å²) in [6.07, 6.45) is 2.34. The Morgan fingerprint density at radius 3 is 3.06 bits per heavy atom. The maximum atomic E-state index is 12.1. The Bertz CT molecular complexity index is 386. The van der Waals surface area contributed by atoms with Crippen LogP contribution in [-0.2, 0) is 4.79 Å². The Morgan fingerprint density at radius 2 is 2.44 bits per heavy atom. The molecule has 1 aliphatic heterocycles. The minimum Gasteiger partial charge on any atom is -0.357 e. The van der Waals surface area contributed by atoms with Gasteiger partial charge in [-0.1, -0.05) is 6.92 Å². The van der Waals surface area contributed by atoms with Crippen LogP contribution in [-0.4, -0.2) is 40.8 Å². The molecule has 2 N–H and O–H groups in total. The van der Waals surface area contributed by atoms with Gasteiger partial charge in [0.25, 0.3) is 5.91 Å². The van der Waals surface area contributed by atoms with Crippen molar-refractivity contribution in [3.8, 4) is 0 Å². The Labute approximate surface area is 93.8 Å². The number of hydrogen-bond donors (Lipinski definition) is 2. The molecule has 1 aromatic heterocycles. The summed E-state index contributed by atoms with van der Waals surface area (Å²) in [7, 11) is 0. The third kappa shape index (κ3) is 1.80. The molecule has 0 spiro atoms. The van der Waals surface area contributed by atoms with E-state index in [0.717, 1.165) is 0 Å². The van der Waals surface area contributed by atoms with Gasteiger partial charge >= 0.3 is 0 Å². The van der Waals surface area contributed by atoms with E-state index in [1.54, 1.807) is 23.2 Å². The number of nitrogens with zero attached hydrogens (tertiary/aromatic N) is 1. The second-order valence-electron chi connectivity index (χ2n) is 3.80. The predicted octanol–water partition coefficient (Wildman–Crippen LogP) is 0.365. The van der Waals surface area contributed by atoms with E-state index in [1.807, 2.05) is 6.92 Å². The first-order valence-corrected chi connectivity index (χ1v) is 5.46. The SMILES string of the molecule is CCC1C(=O)NCCN1C(=O)c1ccc[nH]1. The topological polar surface area (TPSA) is 65.2 Å². The molecule has 0 aliphatic carbocycles. The van der Waals surface area contributed by atoms with Crippen LogP contribution in [0.5, 0.6) is 0 Å². The summed E-state index contributed by atoms with van der Waals surface area (Å²) in [5.41, 5.74) is 0.535. The van der Waals surface area contributed by atoms with Crippen molar-refractivity contribution in [2.75, 3.05) is 13.1 Å². The van der Waals surface area contributed by atoms with Crippen LogP contribution in [0.3, 0.4) is 0 Å². The van der Waals surface area contributed by atoms with E-state index < -0.39 is 0 Å². The fourth-order valence-electron chi connectivity index (χ4n) is 1.98. The highest BCUT2D eigenvalue weighted by molar-refractivity contribution is 5.96. The second-order valence-corrected chi connectivity index (χ2v) is 3.80. The summed E-state index contributed by atoms with van der Waals surface area (Å²) in [6.45, 7) is 3.01. The van der Waals surface area contributed by atoms with Crippen molar-refractivity contribution in [3.05, 3.63) is 24.0 Å². The lowest BCUT2D eigenvalue weighted by atomic mass is 10.1. The molecule has 0 radical (unpaired) electrons. The van der Waals surface area contributed by atoms with E-state index in [-0.39, 0.29) is 17.9 Å². The van der Waals surface area contributed by atoms with Crippen LogP contribution < -0.4 is 5.32 Å². The van der Waals surface area contributed by atoms with Crippen LogP contribution in [0.25, 0.3) is 0 Å². The van der Waals surface area contributed by atoms with Gasteiger partial charge in [-0.15, -0.1) is 0 Å².